The molecular formula is C10H16O2. The van der Waals surface area contributed by atoms with Gasteiger partial charge in [-0.3, -0.25) is 0 Å². The summed E-state index contributed by atoms with van der Waals surface area (Å²) in [6.45, 7) is 6.66. The van der Waals surface area contributed by atoms with Crippen molar-refractivity contribution in [1.82, 2.24) is 0 Å². The van der Waals surface area contributed by atoms with Crippen molar-refractivity contribution < 1.29 is 9.84 Å². The van der Waals surface area contributed by atoms with Gasteiger partial charge in [0.2, 0.25) is 0 Å². The summed E-state index contributed by atoms with van der Waals surface area (Å²) < 4.78 is 5.52. The minimum Gasteiger partial charge on any atom is -0.390 e. The average Bonchev–Trinajstić information content (AvgIpc) is 2.73. The Morgan fingerprint density at radius 2 is 2.00 bits per heavy atom. The maximum absolute atomic E-state index is 9.91. The van der Waals surface area contributed by atoms with E-state index in [0.717, 1.165) is 6.42 Å². The lowest BCUT2D eigenvalue weighted by molar-refractivity contribution is 0.0986. The van der Waals surface area contributed by atoms with Crippen molar-refractivity contribution in [2.75, 3.05) is 0 Å². The molecule has 1 aliphatic heterocycles. The third-order valence-corrected chi connectivity index (χ3v) is 4.38. The van der Waals surface area contributed by atoms with Gasteiger partial charge in [-0.05, 0) is 30.6 Å². The van der Waals surface area contributed by atoms with Crippen molar-refractivity contribution in [3.8, 4) is 0 Å². The number of hydrogen-bond donors (Lipinski definition) is 1. The van der Waals surface area contributed by atoms with E-state index in [2.05, 4.69) is 20.8 Å². The first-order chi connectivity index (χ1) is 5.47. The predicted octanol–water partition coefficient (Wildman–Crippen LogP) is 1.18. The van der Waals surface area contributed by atoms with Crippen molar-refractivity contribution in [3.05, 3.63) is 0 Å². The Morgan fingerprint density at radius 1 is 1.33 bits per heavy atom. The Morgan fingerprint density at radius 3 is 2.67 bits per heavy atom. The minimum absolute atomic E-state index is 0.0361. The van der Waals surface area contributed by atoms with Crippen LogP contribution in [-0.4, -0.2) is 22.9 Å². The van der Waals surface area contributed by atoms with E-state index < -0.39 is 0 Å². The second-order valence-corrected chi connectivity index (χ2v) is 5.50. The zero-order valence-corrected chi connectivity index (χ0v) is 7.87. The highest BCUT2D eigenvalue weighted by Crippen LogP contribution is 2.70. The molecule has 1 saturated heterocycles. The Bertz CT molecular complexity index is 246. The number of aliphatic hydroxyl groups is 1. The van der Waals surface area contributed by atoms with Crippen molar-refractivity contribution in [2.45, 2.75) is 45.0 Å². The molecule has 0 aromatic heterocycles. The third-order valence-electron chi connectivity index (χ3n) is 4.38. The van der Waals surface area contributed by atoms with Gasteiger partial charge in [0, 0.05) is 0 Å². The lowest BCUT2D eigenvalue weighted by Crippen LogP contribution is -2.30. The van der Waals surface area contributed by atoms with E-state index >= 15 is 0 Å². The van der Waals surface area contributed by atoms with Crippen molar-refractivity contribution >= 4 is 0 Å². The Hall–Kier alpha value is -0.0800. The fraction of sp³-hybridized carbons (Fsp3) is 1.00. The quantitative estimate of drug-likeness (QED) is 0.551. The second kappa shape index (κ2) is 1.60. The fourth-order valence-electron chi connectivity index (χ4n) is 3.33. The van der Waals surface area contributed by atoms with Gasteiger partial charge in [0.15, 0.2) is 0 Å². The highest BCUT2D eigenvalue weighted by atomic mass is 16.6. The Balaban J connectivity index is 1.90. The molecule has 1 heterocycles. The monoisotopic (exact) mass is 168 g/mol. The summed E-state index contributed by atoms with van der Waals surface area (Å²) in [4.78, 5) is 0. The molecule has 2 heteroatoms. The summed E-state index contributed by atoms with van der Waals surface area (Å²) in [5.74, 6) is 1.22. The zero-order valence-electron chi connectivity index (χ0n) is 7.87. The summed E-state index contributed by atoms with van der Waals surface area (Å²) in [6, 6.07) is 0. The molecule has 0 aromatic rings. The molecule has 0 amide bonds. The van der Waals surface area contributed by atoms with Gasteiger partial charge in [-0.25, -0.2) is 0 Å². The molecule has 0 unspecified atom stereocenters. The average molecular weight is 168 g/mol. The van der Waals surface area contributed by atoms with Crippen LogP contribution in [0.1, 0.15) is 27.2 Å². The molecule has 68 valence electrons. The zero-order chi connectivity index (χ0) is 8.72. The summed E-state index contributed by atoms with van der Waals surface area (Å²) in [7, 11) is 0. The molecule has 2 saturated carbocycles. The van der Waals surface area contributed by atoms with Gasteiger partial charge in [0.1, 0.15) is 6.10 Å². The standard InChI is InChI=1S/C10H16O2/c1-9(2)5-4-10(3)8(12-10)7(11)6(5)9/h5-8,11H,4H2,1-3H3/t5-,6-,7-,8+,10-/m0/s1. The van der Waals surface area contributed by atoms with Crippen molar-refractivity contribution in [2.24, 2.45) is 17.3 Å². The van der Waals surface area contributed by atoms with Crippen LogP contribution in [-0.2, 0) is 4.74 Å². The molecule has 0 spiro atoms. The van der Waals surface area contributed by atoms with E-state index in [-0.39, 0.29) is 17.8 Å². The van der Waals surface area contributed by atoms with Gasteiger partial charge < -0.3 is 9.84 Å². The lowest BCUT2D eigenvalue weighted by Gasteiger charge is -2.15. The smallest absolute Gasteiger partial charge is 0.113 e. The maximum Gasteiger partial charge on any atom is 0.113 e. The van der Waals surface area contributed by atoms with Crippen molar-refractivity contribution in [1.29, 1.82) is 0 Å². The minimum atomic E-state index is -0.191. The Kier molecular flexibility index (Phi) is 0.978. The van der Waals surface area contributed by atoms with E-state index in [1.54, 1.807) is 0 Å². The molecule has 1 N–H and O–H groups in total. The predicted molar refractivity (Wildman–Crippen MR) is 44.7 cm³/mol. The largest absolute Gasteiger partial charge is 0.390 e. The van der Waals surface area contributed by atoms with E-state index in [1.165, 1.54) is 0 Å². The first-order valence-electron chi connectivity index (χ1n) is 4.83. The van der Waals surface area contributed by atoms with Crippen LogP contribution in [0.2, 0.25) is 0 Å². The van der Waals surface area contributed by atoms with Crippen molar-refractivity contribution in [3.63, 3.8) is 0 Å². The summed E-state index contributed by atoms with van der Waals surface area (Å²) in [6.07, 6.45) is 1.12. The molecule has 12 heavy (non-hydrogen) atoms. The number of aliphatic hydroxyl groups excluding tert-OH is 1. The van der Waals surface area contributed by atoms with Crippen LogP contribution >= 0.6 is 0 Å². The number of hydrogen-bond acceptors (Lipinski definition) is 2. The van der Waals surface area contributed by atoms with E-state index in [0.29, 0.717) is 17.3 Å². The topological polar surface area (TPSA) is 32.8 Å². The lowest BCUT2D eigenvalue weighted by atomic mass is 9.89. The molecule has 0 radical (unpaired) electrons. The highest BCUT2D eigenvalue weighted by molar-refractivity contribution is 5.22. The molecule has 2 aliphatic carbocycles. The van der Waals surface area contributed by atoms with Gasteiger partial charge in [-0.1, -0.05) is 13.8 Å². The van der Waals surface area contributed by atoms with Crippen LogP contribution in [0.5, 0.6) is 0 Å². The highest BCUT2D eigenvalue weighted by Gasteiger charge is 2.75. The van der Waals surface area contributed by atoms with Crippen LogP contribution in [0.4, 0.5) is 0 Å². The van der Waals surface area contributed by atoms with E-state index in [9.17, 15) is 5.11 Å². The third kappa shape index (κ3) is 0.612. The van der Waals surface area contributed by atoms with E-state index in [1.807, 2.05) is 0 Å². The molecule has 3 rings (SSSR count). The second-order valence-electron chi connectivity index (χ2n) is 5.50. The SMILES string of the molecule is CC1(C)[C@@H]2[C@H](O)[C@H]3O[C@@]3(C)C[C@@H]21. The molecule has 0 bridgehead atoms. The Labute approximate surface area is 72.9 Å². The van der Waals surface area contributed by atoms with Crippen LogP contribution in [0.15, 0.2) is 0 Å². The normalized spacial score (nSPS) is 65.0. The van der Waals surface area contributed by atoms with E-state index in [4.69, 9.17) is 4.74 Å². The van der Waals surface area contributed by atoms with Gasteiger partial charge in [0.25, 0.3) is 0 Å². The van der Waals surface area contributed by atoms with Crippen LogP contribution in [0.25, 0.3) is 0 Å². The molecule has 2 nitrogen and oxygen atoms in total. The summed E-state index contributed by atoms with van der Waals surface area (Å²) in [5, 5.41) is 9.91. The first kappa shape index (κ1) is 7.34. The maximum atomic E-state index is 9.91. The fourth-order valence-corrected chi connectivity index (χ4v) is 3.33. The summed E-state index contributed by atoms with van der Waals surface area (Å²) in [5.41, 5.74) is 0.410. The number of rotatable bonds is 0. The van der Waals surface area contributed by atoms with Gasteiger partial charge >= 0.3 is 0 Å². The molecular weight excluding hydrogens is 152 g/mol. The first-order valence-corrected chi connectivity index (χ1v) is 4.83. The van der Waals surface area contributed by atoms with Crippen LogP contribution in [0, 0.1) is 17.3 Å². The summed E-state index contributed by atoms with van der Waals surface area (Å²) >= 11 is 0. The molecule has 3 fully saturated rings. The number of ether oxygens (including phenoxy) is 1. The van der Waals surface area contributed by atoms with Gasteiger partial charge in [-0.15, -0.1) is 0 Å². The van der Waals surface area contributed by atoms with Gasteiger partial charge in [-0.2, -0.15) is 0 Å². The van der Waals surface area contributed by atoms with Crippen LogP contribution < -0.4 is 0 Å². The van der Waals surface area contributed by atoms with Gasteiger partial charge in [0.05, 0.1) is 11.7 Å². The molecule has 0 aromatic carbocycles. The number of fused-ring (bicyclic) bond motifs is 2. The molecule has 3 aliphatic rings. The van der Waals surface area contributed by atoms with Crippen LogP contribution in [0.3, 0.4) is 0 Å². The molecule has 5 atom stereocenters. The number of epoxide rings is 1.